The summed E-state index contributed by atoms with van der Waals surface area (Å²) in [6.07, 6.45) is 3.39. The molecule has 0 aliphatic heterocycles. The molecule has 50 valence electrons. The second kappa shape index (κ2) is 3.81. The molecule has 0 amide bonds. The molecule has 0 aliphatic rings. The van der Waals surface area contributed by atoms with Crippen molar-refractivity contribution in [3.05, 3.63) is 36.7 Å². The molecular weight excluding hydrogens is 147 g/mol. The van der Waals surface area contributed by atoms with Crippen molar-refractivity contribution in [2.45, 2.75) is 0 Å². The van der Waals surface area contributed by atoms with Crippen LogP contribution < -0.4 is 29.6 Å². The van der Waals surface area contributed by atoms with Crippen LogP contribution in [0.25, 0.3) is 11.0 Å². The minimum Gasteiger partial charge on any atom is -1.00 e. The van der Waals surface area contributed by atoms with Crippen LogP contribution in [0.2, 0.25) is 0 Å². The molecule has 3 heteroatoms. The maximum absolute atomic E-state index is 4.12. The predicted octanol–water partition coefficient (Wildman–Crippen LogP) is -1.25. The third-order valence-corrected chi connectivity index (χ3v) is 1.38. The first-order valence-corrected chi connectivity index (χ1v) is 3.12. The zero-order valence-corrected chi connectivity index (χ0v) is 8.36. The first-order chi connectivity index (χ1) is 4.97. The molecule has 1 aromatic carbocycles. The van der Waals surface area contributed by atoms with Gasteiger partial charge in [-0.15, -0.1) is 0 Å². The van der Waals surface area contributed by atoms with Gasteiger partial charge in [0.1, 0.15) is 0 Å². The fourth-order valence-corrected chi connectivity index (χ4v) is 0.910. The van der Waals surface area contributed by atoms with Gasteiger partial charge in [-0.05, 0) is 12.1 Å². The molecule has 0 N–H and O–H groups in total. The maximum Gasteiger partial charge on any atom is 1.00 e. The van der Waals surface area contributed by atoms with Crippen LogP contribution in [0, 0.1) is 0 Å². The average molecular weight is 154 g/mol. The van der Waals surface area contributed by atoms with Crippen molar-refractivity contribution in [3.63, 3.8) is 0 Å². The zero-order chi connectivity index (χ0) is 6.81. The Morgan fingerprint density at radius 2 is 1.36 bits per heavy atom. The topological polar surface area (TPSA) is 25.8 Å². The summed E-state index contributed by atoms with van der Waals surface area (Å²) >= 11 is 0. The van der Waals surface area contributed by atoms with Gasteiger partial charge in [-0.2, -0.15) is 0 Å². The summed E-state index contributed by atoms with van der Waals surface area (Å²) in [7, 11) is 0. The Morgan fingerprint density at radius 1 is 0.909 bits per heavy atom. The number of aromatic nitrogens is 2. The van der Waals surface area contributed by atoms with Gasteiger partial charge in [0.25, 0.3) is 0 Å². The molecule has 0 aliphatic carbocycles. The molecule has 2 rings (SSSR count). The maximum atomic E-state index is 4.12. The molecule has 0 unspecified atom stereocenters. The van der Waals surface area contributed by atoms with Crippen LogP contribution >= 0.6 is 0 Å². The summed E-state index contributed by atoms with van der Waals surface area (Å²) in [4.78, 5) is 8.24. The van der Waals surface area contributed by atoms with Gasteiger partial charge in [-0.3, -0.25) is 9.97 Å². The van der Waals surface area contributed by atoms with E-state index in [2.05, 4.69) is 9.97 Å². The standard InChI is InChI=1S/C8H6N2.Na.H/c1-2-4-8-7(3-1)9-5-6-10-8;;/h1-6H;;/q;+1;-1. The molecule has 2 aromatic rings. The van der Waals surface area contributed by atoms with E-state index < -0.39 is 0 Å². The molecule has 2 nitrogen and oxygen atoms in total. The normalized spacial score (nSPS) is 9.09. The fourth-order valence-electron chi connectivity index (χ4n) is 0.910. The Balaban J connectivity index is 0.000000605. The quantitative estimate of drug-likeness (QED) is 0.443. The van der Waals surface area contributed by atoms with Crippen LogP contribution in [0.1, 0.15) is 1.43 Å². The van der Waals surface area contributed by atoms with Crippen LogP contribution in [-0.2, 0) is 0 Å². The first kappa shape index (κ1) is 8.65. The van der Waals surface area contributed by atoms with Gasteiger partial charge in [0.15, 0.2) is 0 Å². The van der Waals surface area contributed by atoms with E-state index in [1.807, 2.05) is 24.3 Å². The smallest absolute Gasteiger partial charge is 1.00 e. The Labute approximate surface area is 88.5 Å². The van der Waals surface area contributed by atoms with Gasteiger partial charge >= 0.3 is 29.6 Å². The summed E-state index contributed by atoms with van der Waals surface area (Å²) in [5, 5.41) is 0. The molecule has 0 atom stereocenters. The van der Waals surface area contributed by atoms with Crippen LogP contribution in [0.3, 0.4) is 0 Å². The van der Waals surface area contributed by atoms with E-state index in [4.69, 9.17) is 0 Å². The van der Waals surface area contributed by atoms with E-state index in [0.29, 0.717) is 0 Å². The van der Waals surface area contributed by atoms with E-state index >= 15 is 0 Å². The van der Waals surface area contributed by atoms with Crippen LogP contribution in [0.5, 0.6) is 0 Å². The van der Waals surface area contributed by atoms with Gasteiger partial charge in [0.05, 0.1) is 11.0 Å². The third kappa shape index (κ3) is 1.77. The molecule has 0 fully saturated rings. The van der Waals surface area contributed by atoms with Crippen LogP contribution in [-0.4, -0.2) is 9.97 Å². The molecule has 0 bridgehead atoms. The average Bonchev–Trinajstić information content (AvgIpc) is 2.05. The van der Waals surface area contributed by atoms with Gasteiger partial charge in [0, 0.05) is 12.4 Å². The summed E-state index contributed by atoms with van der Waals surface area (Å²) < 4.78 is 0. The zero-order valence-electron chi connectivity index (χ0n) is 7.36. The number of fused-ring (bicyclic) bond motifs is 1. The van der Waals surface area contributed by atoms with Crippen molar-refractivity contribution in [2.24, 2.45) is 0 Å². The molecular formula is C8H7N2Na. The van der Waals surface area contributed by atoms with E-state index in [0.717, 1.165) is 11.0 Å². The minimum absolute atomic E-state index is 0. The van der Waals surface area contributed by atoms with E-state index in [-0.39, 0.29) is 31.0 Å². The molecule has 1 aromatic heterocycles. The molecule has 0 spiro atoms. The largest absolute Gasteiger partial charge is 1.00 e. The van der Waals surface area contributed by atoms with Crippen molar-refractivity contribution in [2.75, 3.05) is 0 Å². The van der Waals surface area contributed by atoms with Gasteiger partial charge in [-0.1, -0.05) is 12.1 Å². The molecule has 0 saturated heterocycles. The number of benzene rings is 1. The molecule has 0 radical (unpaired) electrons. The number of para-hydroxylation sites is 2. The molecule has 1 heterocycles. The van der Waals surface area contributed by atoms with E-state index in [1.165, 1.54) is 0 Å². The van der Waals surface area contributed by atoms with E-state index in [9.17, 15) is 0 Å². The summed E-state index contributed by atoms with van der Waals surface area (Å²) in [5.74, 6) is 0. The summed E-state index contributed by atoms with van der Waals surface area (Å²) in [5.41, 5.74) is 1.90. The first-order valence-electron chi connectivity index (χ1n) is 3.12. The van der Waals surface area contributed by atoms with Crippen LogP contribution in [0.15, 0.2) is 36.7 Å². The SMILES string of the molecule is [H-].[Na+].c1ccc2nccnc2c1. The molecule has 11 heavy (non-hydrogen) atoms. The number of rotatable bonds is 0. The summed E-state index contributed by atoms with van der Waals surface area (Å²) in [6, 6.07) is 7.80. The second-order valence-corrected chi connectivity index (χ2v) is 2.05. The number of hydrogen-bond donors (Lipinski definition) is 0. The van der Waals surface area contributed by atoms with Crippen molar-refractivity contribution in [1.29, 1.82) is 0 Å². The Bertz CT molecular complexity index is 288. The third-order valence-electron chi connectivity index (χ3n) is 1.38. The Morgan fingerprint density at radius 3 is 1.82 bits per heavy atom. The predicted molar refractivity (Wildman–Crippen MR) is 40.7 cm³/mol. The molecule has 0 saturated carbocycles. The van der Waals surface area contributed by atoms with E-state index in [1.54, 1.807) is 12.4 Å². The van der Waals surface area contributed by atoms with Crippen molar-refractivity contribution < 1.29 is 31.0 Å². The Kier molecular flexibility index (Phi) is 3.00. The van der Waals surface area contributed by atoms with Gasteiger partial charge in [-0.25, -0.2) is 0 Å². The number of nitrogens with zero attached hydrogens (tertiary/aromatic N) is 2. The minimum atomic E-state index is 0. The monoisotopic (exact) mass is 154 g/mol. The summed E-state index contributed by atoms with van der Waals surface area (Å²) in [6.45, 7) is 0. The van der Waals surface area contributed by atoms with Gasteiger partial charge < -0.3 is 1.43 Å². The van der Waals surface area contributed by atoms with Crippen LogP contribution in [0.4, 0.5) is 0 Å². The second-order valence-electron chi connectivity index (χ2n) is 2.05. The number of hydrogen-bond acceptors (Lipinski definition) is 2. The fraction of sp³-hybridized carbons (Fsp3) is 0. The Hall–Kier alpha value is -0.440. The van der Waals surface area contributed by atoms with Gasteiger partial charge in [0.2, 0.25) is 0 Å². The van der Waals surface area contributed by atoms with Crippen molar-refractivity contribution in [1.82, 2.24) is 9.97 Å². The van der Waals surface area contributed by atoms with Crippen molar-refractivity contribution in [3.8, 4) is 0 Å². The van der Waals surface area contributed by atoms with Crippen molar-refractivity contribution >= 4 is 11.0 Å².